The highest BCUT2D eigenvalue weighted by Crippen LogP contribution is 2.27. The number of hydrogen-bond acceptors (Lipinski definition) is 3. The zero-order valence-corrected chi connectivity index (χ0v) is 14.5. The SMILES string of the molecule is COc1ccc(CCCNC(=O)Nc2ccc(Cl)cc2)cc1OC. The highest BCUT2D eigenvalue weighted by Gasteiger charge is 2.05. The molecule has 2 aromatic carbocycles. The first kappa shape index (κ1) is 17.9. The van der Waals surface area contributed by atoms with Crippen LogP contribution in [0.15, 0.2) is 42.5 Å². The van der Waals surface area contributed by atoms with Crippen molar-refractivity contribution in [1.29, 1.82) is 0 Å². The first-order valence-electron chi connectivity index (χ1n) is 7.63. The summed E-state index contributed by atoms with van der Waals surface area (Å²) in [4.78, 5) is 11.8. The molecule has 0 aromatic heterocycles. The van der Waals surface area contributed by atoms with E-state index >= 15 is 0 Å². The van der Waals surface area contributed by atoms with E-state index < -0.39 is 0 Å². The number of carbonyl (C=O) groups is 1. The smallest absolute Gasteiger partial charge is 0.319 e. The van der Waals surface area contributed by atoms with Gasteiger partial charge in [-0.3, -0.25) is 0 Å². The molecule has 0 heterocycles. The molecule has 2 amide bonds. The molecule has 0 fully saturated rings. The minimum Gasteiger partial charge on any atom is -0.493 e. The standard InChI is InChI=1S/C18H21ClN2O3/c1-23-16-10-5-13(12-17(16)24-2)4-3-11-20-18(22)21-15-8-6-14(19)7-9-15/h5-10,12H,3-4,11H2,1-2H3,(H2,20,21,22). The van der Waals surface area contributed by atoms with E-state index in [4.69, 9.17) is 21.1 Å². The first-order chi connectivity index (χ1) is 11.6. The average molecular weight is 349 g/mol. The maximum atomic E-state index is 11.8. The van der Waals surface area contributed by atoms with Crippen LogP contribution in [0.2, 0.25) is 5.02 Å². The molecule has 128 valence electrons. The first-order valence-corrected chi connectivity index (χ1v) is 8.01. The van der Waals surface area contributed by atoms with Gasteiger partial charge in [0.15, 0.2) is 11.5 Å². The van der Waals surface area contributed by atoms with Crippen molar-refractivity contribution in [3.63, 3.8) is 0 Å². The van der Waals surface area contributed by atoms with Crippen molar-refractivity contribution >= 4 is 23.3 Å². The van der Waals surface area contributed by atoms with Gasteiger partial charge in [-0.1, -0.05) is 17.7 Å². The number of rotatable bonds is 7. The number of carbonyl (C=O) groups excluding carboxylic acids is 1. The van der Waals surface area contributed by atoms with Gasteiger partial charge in [-0.15, -0.1) is 0 Å². The van der Waals surface area contributed by atoms with Gasteiger partial charge in [-0.05, 0) is 54.8 Å². The van der Waals surface area contributed by atoms with Crippen molar-refractivity contribution in [2.45, 2.75) is 12.8 Å². The summed E-state index contributed by atoms with van der Waals surface area (Å²) >= 11 is 5.80. The van der Waals surface area contributed by atoms with Crippen LogP contribution in [0.25, 0.3) is 0 Å². The van der Waals surface area contributed by atoms with Crippen LogP contribution in [0.1, 0.15) is 12.0 Å². The van der Waals surface area contributed by atoms with Crippen LogP contribution in [0.3, 0.4) is 0 Å². The Morgan fingerprint density at radius 3 is 2.42 bits per heavy atom. The van der Waals surface area contributed by atoms with E-state index in [1.165, 1.54) is 0 Å². The lowest BCUT2D eigenvalue weighted by Crippen LogP contribution is -2.29. The van der Waals surface area contributed by atoms with Gasteiger partial charge in [0, 0.05) is 17.3 Å². The Morgan fingerprint density at radius 2 is 1.75 bits per heavy atom. The van der Waals surface area contributed by atoms with Crippen molar-refractivity contribution in [3.05, 3.63) is 53.1 Å². The number of anilines is 1. The summed E-state index contributed by atoms with van der Waals surface area (Å²) in [5.41, 5.74) is 1.84. The van der Waals surface area contributed by atoms with Gasteiger partial charge in [0.2, 0.25) is 0 Å². The van der Waals surface area contributed by atoms with Gasteiger partial charge >= 0.3 is 6.03 Å². The van der Waals surface area contributed by atoms with E-state index in [-0.39, 0.29) is 6.03 Å². The van der Waals surface area contributed by atoms with Gasteiger partial charge in [0.05, 0.1) is 14.2 Å². The van der Waals surface area contributed by atoms with E-state index in [0.29, 0.717) is 28.8 Å². The molecule has 0 aliphatic carbocycles. The third-order valence-corrected chi connectivity index (χ3v) is 3.73. The second-order valence-electron chi connectivity index (χ2n) is 5.18. The molecule has 5 nitrogen and oxygen atoms in total. The number of urea groups is 1. The molecular formula is C18H21ClN2O3. The Morgan fingerprint density at radius 1 is 1.04 bits per heavy atom. The third-order valence-electron chi connectivity index (χ3n) is 3.48. The van der Waals surface area contributed by atoms with E-state index in [9.17, 15) is 4.79 Å². The van der Waals surface area contributed by atoms with Crippen LogP contribution < -0.4 is 20.1 Å². The fourth-order valence-electron chi connectivity index (χ4n) is 2.24. The average Bonchev–Trinajstić information content (AvgIpc) is 2.60. The van der Waals surface area contributed by atoms with Crippen LogP contribution in [-0.2, 0) is 6.42 Å². The summed E-state index contributed by atoms with van der Waals surface area (Å²) in [7, 11) is 3.23. The predicted octanol–water partition coefficient (Wildman–Crippen LogP) is 4.11. The molecule has 0 aliphatic rings. The highest BCUT2D eigenvalue weighted by atomic mass is 35.5. The molecule has 6 heteroatoms. The topological polar surface area (TPSA) is 59.6 Å². The van der Waals surface area contributed by atoms with Crippen molar-refractivity contribution in [2.75, 3.05) is 26.1 Å². The Bertz CT molecular complexity index is 674. The molecule has 0 unspecified atom stereocenters. The maximum Gasteiger partial charge on any atom is 0.319 e. The van der Waals surface area contributed by atoms with E-state index in [1.807, 2.05) is 18.2 Å². The van der Waals surface area contributed by atoms with Crippen LogP contribution in [-0.4, -0.2) is 26.8 Å². The Hall–Kier alpha value is -2.40. The second-order valence-corrected chi connectivity index (χ2v) is 5.62. The molecule has 24 heavy (non-hydrogen) atoms. The summed E-state index contributed by atoms with van der Waals surface area (Å²) in [5, 5.41) is 6.22. The summed E-state index contributed by atoms with van der Waals surface area (Å²) in [6.07, 6.45) is 1.66. The van der Waals surface area contributed by atoms with Crippen molar-refractivity contribution < 1.29 is 14.3 Å². The Kier molecular flexibility index (Phi) is 6.75. The van der Waals surface area contributed by atoms with Gasteiger partial charge in [-0.2, -0.15) is 0 Å². The summed E-state index contributed by atoms with van der Waals surface area (Å²) in [5.74, 6) is 1.42. The van der Waals surface area contributed by atoms with E-state index in [2.05, 4.69) is 10.6 Å². The number of ether oxygens (including phenoxy) is 2. The second kappa shape index (κ2) is 9.03. The number of methoxy groups -OCH3 is 2. The van der Waals surface area contributed by atoms with Crippen LogP contribution in [0, 0.1) is 0 Å². The minimum atomic E-state index is -0.232. The van der Waals surface area contributed by atoms with E-state index in [1.54, 1.807) is 38.5 Å². The van der Waals surface area contributed by atoms with Crippen LogP contribution in [0.5, 0.6) is 11.5 Å². The fourth-order valence-corrected chi connectivity index (χ4v) is 2.37. The Labute approximate surface area is 146 Å². The molecule has 2 N–H and O–H groups in total. The summed E-state index contributed by atoms with van der Waals surface area (Å²) in [6.45, 7) is 0.577. The van der Waals surface area contributed by atoms with Crippen LogP contribution in [0.4, 0.5) is 10.5 Å². The molecule has 0 atom stereocenters. The third kappa shape index (κ3) is 5.35. The monoisotopic (exact) mass is 348 g/mol. The lowest BCUT2D eigenvalue weighted by Gasteiger charge is -2.10. The molecule has 0 radical (unpaired) electrons. The van der Waals surface area contributed by atoms with Crippen molar-refractivity contribution in [3.8, 4) is 11.5 Å². The molecule has 0 aliphatic heterocycles. The zero-order valence-electron chi connectivity index (χ0n) is 13.8. The van der Waals surface area contributed by atoms with Gasteiger partial charge in [0.1, 0.15) is 0 Å². The lowest BCUT2D eigenvalue weighted by atomic mass is 10.1. The number of amides is 2. The molecule has 2 rings (SSSR count). The number of nitrogens with one attached hydrogen (secondary N) is 2. The largest absolute Gasteiger partial charge is 0.493 e. The molecule has 0 bridgehead atoms. The molecule has 0 saturated carbocycles. The van der Waals surface area contributed by atoms with Gasteiger partial charge in [-0.25, -0.2) is 4.79 Å². The Balaban J connectivity index is 1.74. The summed E-state index contributed by atoms with van der Waals surface area (Å²) in [6, 6.07) is 12.6. The number of aryl methyl sites for hydroxylation is 1. The van der Waals surface area contributed by atoms with E-state index in [0.717, 1.165) is 18.4 Å². The number of halogens is 1. The fraction of sp³-hybridized carbons (Fsp3) is 0.278. The minimum absolute atomic E-state index is 0.232. The van der Waals surface area contributed by atoms with Gasteiger partial charge < -0.3 is 20.1 Å². The van der Waals surface area contributed by atoms with Crippen molar-refractivity contribution in [2.24, 2.45) is 0 Å². The van der Waals surface area contributed by atoms with Crippen LogP contribution >= 0.6 is 11.6 Å². The number of hydrogen-bond donors (Lipinski definition) is 2. The molecule has 0 saturated heterocycles. The lowest BCUT2D eigenvalue weighted by molar-refractivity contribution is 0.252. The normalized spacial score (nSPS) is 10.1. The molecule has 2 aromatic rings. The quantitative estimate of drug-likeness (QED) is 0.740. The molecular weight excluding hydrogens is 328 g/mol. The number of benzene rings is 2. The predicted molar refractivity (Wildman–Crippen MR) is 96.3 cm³/mol. The maximum absolute atomic E-state index is 11.8. The van der Waals surface area contributed by atoms with Gasteiger partial charge in [0.25, 0.3) is 0 Å². The van der Waals surface area contributed by atoms with Crippen molar-refractivity contribution in [1.82, 2.24) is 5.32 Å². The summed E-state index contributed by atoms with van der Waals surface area (Å²) < 4.78 is 10.5. The molecule has 0 spiro atoms. The highest BCUT2D eigenvalue weighted by molar-refractivity contribution is 6.30. The zero-order chi connectivity index (χ0) is 17.4.